The van der Waals surface area contributed by atoms with Crippen LogP contribution in [0, 0.1) is 11.8 Å². The van der Waals surface area contributed by atoms with Gasteiger partial charge >= 0.3 is 17.9 Å². The van der Waals surface area contributed by atoms with Gasteiger partial charge in [0.2, 0.25) is 0 Å². The molecule has 0 saturated carbocycles. The fourth-order valence-corrected chi connectivity index (χ4v) is 8.10. The summed E-state index contributed by atoms with van der Waals surface area (Å²) in [6.07, 6.45) is 47.8. The van der Waals surface area contributed by atoms with E-state index in [4.69, 9.17) is 14.2 Å². The number of rotatable bonds is 48. The summed E-state index contributed by atoms with van der Waals surface area (Å²) in [5.74, 6) is 0.891. The van der Waals surface area contributed by atoms with Crippen LogP contribution >= 0.6 is 0 Å². The molecule has 356 valence electrons. The molecule has 0 bridgehead atoms. The summed E-state index contributed by atoms with van der Waals surface area (Å²) >= 11 is 0. The highest BCUT2D eigenvalue weighted by Crippen LogP contribution is 2.18. The van der Waals surface area contributed by atoms with Crippen molar-refractivity contribution in [2.24, 2.45) is 11.8 Å². The lowest BCUT2D eigenvalue weighted by Crippen LogP contribution is -2.30. The summed E-state index contributed by atoms with van der Waals surface area (Å²) < 4.78 is 16.8. The summed E-state index contributed by atoms with van der Waals surface area (Å²) in [5.41, 5.74) is 0. The second-order valence-corrected chi connectivity index (χ2v) is 19.0. The first-order chi connectivity index (χ1) is 29.3. The normalized spacial score (nSPS) is 12.9. The molecule has 0 aliphatic rings. The maximum Gasteiger partial charge on any atom is 0.306 e. The number of carbonyl (C=O) groups is 3. The van der Waals surface area contributed by atoms with Crippen molar-refractivity contribution in [2.75, 3.05) is 13.2 Å². The summed E-state index contributed by atoms with van der Waals surface area (Å²) in [5, 5.41) is 0. The SMILES string of the molecule is CCCCCCCCCCCCCCCCC(=O)OC[C@H](COC(=O)CCCCCCCCCCCCC(C)CC)OC(=O)CCCCCCCCCCCCC(C)CC. The molecule has 3 atom stereocenters. The Kier molecular flexibility index (Phi) is 45.7. The summed E-state index contributed by atoms with van der Waals surface area (Å²) in [6.45, 7) is 11.4. The van der Waals surface area contributed by atoms with E-state index in [9.17, 15) is 14.4 Å². The molecule has 0 radical (unpaired) electrons. The van der Waals surface area contributed by atoms with Crippen molar-refractivity contribution in [3.8, 4) is 0 Å². The van der Waals surface area contributed by atoms with Gasteiger partial charge in [-0.2, -0.15) is 0 Å². The third-order valence-electron chi connectivity index (χ3n) is 12.9. The lowest BCUT2D eigenvalue weighted by Gasteiger charge is -2.18. The van der Waals surface area contributed by atoms with Crippen molar-refractivity contribution in [3.05, 3.63) is 0 Å². The first kappa shape index (κ1) is 58.4. The van der Waals surface area contributed by atoms with Gasteiger partial charge in [0, 0.05) is 19.3 Å². The number of carbonyl (C=O) groups excluding carboxylic acids is 3. The van der Waals surface area contributed by atoms with Crippen LogP contribution in [0.25, 0.3) is 0 Å². The lowest BCUT2D eigenvalue weighted by atomic mass is 9.99. The lowest BCUT2D eigenvalue weighted by molar-refractivity contribution is -0.167. The largest absolute Gasteiger partial charge is 0.462 e. The molecule has 6 heteroatoms. The van der Waals surface area contributed by atoms with E-state index in [0.717, 1.165) is 69.6 Å². The van der Waals surface area contributed by atoms with Crippen LogP contribution in [0.5, 0.6) is 0 Å². The van der Waals surface area contributed by atoms with Gasteiger partial charge in [-0.25, -0.2) is 0 Å². The van der Waals surface area contributed by atoms with Crippen molar-refractivity contribution in [1.29, 1.82) is 0 Å². The van der Waals surface area contributed by atoms with Crippen LogP contribution in [0.3, 0.4) is 0 Å². The molecule has 0 aromatic carbocycles. The van der Waals surface area contributed by atoms with Crippen LogP contribution < -0.4 is 0 Å². The molecular formula is C54H104O6. The average molecular weight is 849 g/mol. The van der Waals surface area contributed by atoms with Crippen LogP contribution in [0.2, 0.25) is 0 Å². The third-order valence-corrected chi connectivity index (χ3v) is 12.9. The van der Waals surface area contributed by atoms with Crippen LogP contribution in [-0.2, 0) is 28.6 Å². The van der Waals surface area contributed by atoms with E-state index in [-0.39, 0.29) is 31.1 Å². The Bertz CT molecular complexity index is 920. The summed E-state index contributed by atoms with van der Waals surface area (Å²) in [7, 11) is 0. The highest BCUT2D eigenvalue weighted by atomic mass is 16.6. The first-order valence-corrected chi connectivity index (χ1v) is 26.8. The molecular weight excluding hydrogens is 745 g/mol. The molecule has 0 aliphatic carbocycles. The molecule has 2 unspecified atom stereocenters. The van der Waals surface area contributed by atoms with Crippen molar-refractivity contribution in [1.82, 2.24) is 0 Å². The van der Waals surface area contributed by atoms with Gasteiger partial charge in [-0.15, -0.1) is 0 Å². The quantitative estimate of drug-likeness (QED) is 0.0345. The summed E-state index contributed by atoms with van der Waals surface area (Å²) in [6, 6.07) is 0. The number of hydrogen-bond acceptors (Lipinski definition) is 6. The van der Waals surface area contributed by atoms with Gasteiger partial charge in [-0.3, -0.25) is 14.4 Å². The second-order valence-electron chi connectivity index (χ2n) is 19.0. The Morgan fingerprint density at radius 3 is 0.867 bits per heavy atom. The van der Waals surface area contributed by atoms with Crippen LogP contribution in [0.4, 0.5) is 0 Å². The predicted molar refractivity (Wildman–Crippen MR) is 256 cm³/mol. The molecule has 0 spiro atoms. The van der Waals surface area contributed by atoms with E-state index in [1.165, 1.54) is 186 Å². The minimum Gasteiger partial charge on any atom is -0.462 e. The average Bonchev–Trinajstić information content (AvgIpc) is 3.25. The maximum absolute atomic E-state index is 12.8. The van der Waals surface area contributed by atoms with E-state index in [1.807, 2.05) is 0 Å². The van der Waals surface area contributed by atoms with Gasteiger partial charge in [0.05, 0.1) is 0 Å². The fraction of sp³-hybridized carbons (Fsp3) is 0.944. The third kappa shape index (κ3) is 44.5. The minimum absolute atomic E-state index is 0.0635. The zero-order chi connectivity index (χ0) is 44.0. The van der Waals surface area contributed by atoms with E-state index in [0.29, 0.717) is 19.3 Å². The Balaban J connectivity index is 4.33. The molecule has 0 amide bonds. The second kappa shape index (κ2) is 46.9. The molecule has 0 aliphatic heterocycles. The van der Waals surface area contributed by atoms with E-state index >= 15 is 0 Å². The van der Waals surface area contributed by atoms with Gasteiger partial charge in [-0.1, -0.05) is 259 Å². The molecule has 0 saturated heterocycles. The maximum atomic E-state index is 12.8. The molecule has 0 fully saturated rings. The zero-order valence-electron chi connectivity index (χ0n) is 41.1. The van der Waals surface area contributed by atoms with Crippen LogP contribution in [-0.4, -0.2) is 37.2 Å². The Labute approximate surface area is 374 Å². The summed E-state index contributed by atoms with van der Waals surface area (Å²) in [4.78, 5) is 38.0. The fourth-order valence-electron chi connectivity index (χ4n) is 8.10. The molecule has 60 heavy (non-hydrogen) atoms. The molecule has 0 aromatic heterocycles. The molecule has 0 heterocycles. The molecule has 0 rings (SSSR count). The Morgan fingerprint density at radius 2 is 0.583 bits per heavy atom. The first-order valence-electron chi connectivity index (χ1n) is 26.8. The Morgan fingerprint density at radius 1 is 0.333 bits per heavy atom. The van der Waals surface area contributed by atoms with Gasteiger partial charge in [0.25, 0.3) is 0 Å². The van der Waals surface area contributed by atoms with Crippen LogP contribution in [0.1, 0.15) is 298 Å². The van der Waals surface area contributed by atoms with Crippen molar-refractivity contribution < 1.29 is 28.6 Å². The number of unbranched alkanes of at least 4 members (excludes halogenated alkanes) is 31. The van der Waals surface area contributed by atoms with Gasteiger partial charge in [-0.05, 0) is 31.1 Å². The number of ether oxygens (including phenoxy) is 3. The smallest absolute Gasteiger partial charge is 0.306 e. The zero-order valence-corrected chi connectivity index (χ0v) is 41.1. The van der Waals surface area contributed by atoms with Crippen molar-refractivity contribution >= 4 is 17.9 Å². The highest BCUT2D eigenvalue weighted by Gasteiger charge is 2.19. The topological polar surface area (TPSA) is 78.9 Å². The van der Waals surface area contributed by atoms with E-state index in [2.05, 4.69) is 34.6 Å². The predicted octanol–water partition coefficient (Wildman–Crippen LogP) is 17.3. The van der Waals surface area contributed by atoms with E-state index in [1.54, 1.807) is 0 Å². The monoisotopic (exact) mass is 849 g/mol. The van der Waals surface area contributed by atoms with Crippen molar-refractivity contribution in [2.45, 2.75) is 304 Å². The minimum atomic E-state index is -0.762. The number of hydrogen-bond donors (Lipinski definition) is 0. The van der Waals surface area contributed by atoms with Crippen molar-refractivity contribution in [3.63, 3.8) is 0 Å². The number of esters is 3. The van der Waals surface area contributed by atoms with Gasteiger partial charge in [0.1, 0.15) is 13.2 Å². The Hall–Kier alpha value is -1.59. The molecule has 0 N–H and O–H groups in total. The van der Waals surface area contributed by atoms with Crippen LogP contribution in [0.15, 0.2) is 0 Å². The molecule has 0 aromatic rings. The highest BCUT2D eigenvalue weighted by molar-refractivity contribution is 5.71. The van der Waals surface area contributed by atoms with E-state index < -0.39 is 6.10 Å². The molecule has 6 nitrogen and oxygen atoms in total. The standard InChI is InChI=1S/C54H104O6/c1-6-9-10-11-12-13-14-15-16-17-24-29-34-39-44-52(55)58-47-51(60-54(57)46-41-36-31-26-21-19-23-28-33-38-43-50(5)8-3)48-59-53(56)45-40-35-30-25-20-18-22-27-32-37-42-49(4)7-2/h49-51H,6-48H2,1-5H3/t49?,50?,51-/m1/s1. The van der Waals surface area contributed by atoms with Gasteiger partial charge in [0.15, 0.2) is 6.10 Å². The van der Waals surface area contributed by atoms with Gasteiger partial charge < -0.3 is 14.2 Å².